The first-order valence-corrected chi connectivity index (χ1v) is 12.8. The van der Waals surface area contributed by atoms with Crippen molar-refractivity contribution in [3.05, 3.63) is 36.0 Å². The minimum absolute atomic E-state index is 0.122. The summed E-state index contributed by atoms with van der Waals surface area (Å²) in [6, 6.07) is 0. The second-order valence-electron chi connectivity index (χ2n) is 11.5. The fourth-order valence-electron chi connectivity index (χ4n) is 6.27. The lowest BCUT2D eigenvalue weighted by Gasteiger charge is -2.43. The van der Waals surface area contributed by atoms with E-state index in [-0.39, 0.29) is 29.8 Å². The van der Waals surface area contributed by atoms with Crippen LogP contribution in [-0.2, 0) is 4.79 Å². The largest absolute Gasteiger partial charge is 0.396 e. The lowest BCUT2D eigenvalue weighted by Crippen LogP contribution is -2.41. The summed E-state index contributed by atoms with van der Waals surface area (Å²) in [4.78, 5) is 13.9. The van der Waals surface area contributed by atoms with E-state index in [1.165, 1.54) is 0 Å². The molecule has 0 heterocycles. The zero-order valence-electron chi connectivity index (χ0n) is 21.7. The van der Waals surface area contributed by atoms with Crippen LogP contribution in [0.4, 0.5) is 0 Å². The van der Waals surface area contributed by atoms with Gasteiger partial charge in [0.05, 0.1) is 11.5 Å². The van der Waals surface area contributed by atoms with Gasteiger partial charge in [0.25, 0.3) is 0 Å². The van der Waals surface area contributed by atoms with Crippen LogP contribution in [0.25, 0.3) is 0 Å². The van der Waals surface area contributed by atoms with Crippen LogP contribution in [0.1, 0.15) is 87.0 Å². The molecule has 0 aliphatic heterocycles. The monoisotopic (exact) mass is 444 g/mol. The van der Waals surface area contributed by atoms with Gasteiger partial charge in [-0.05, 0) is 93.0 Å². The summed E-state index contributed by atoms with van der Waals surface area (Å²) >= 11 is 0. The molecule has 2 fully saturated rings. The van der Waals surface area contributed by atoms with Crippen molar-refractivity contribution in [3.8, 4) is 0 Å². The van der Waals surface area contributed by atoms with Crippen molar-refractivity contribution < 1.29 is 15.0 Å². The van der Waals surface area contributed by atoms with Gasteiger partial charge in [-0.3, -0.25) is 4.79 Å². The fraction of sp³-hybridized carbons (Fsp3) is 0.759. The van der Waals surface area contributed by atoms with Crippen LogP contribution in [-0.4, -0.2) is 28.7 Å². The fourth-order valence-corrected chi connectivity index (χ4v) is 6.27. The number of rotatable bonds is 9. The molecule has 0 aromatic carbocycles. The van der Waals surface area contributed by atoms with Gasteiger partial charge in [-0.25, -0.2) is 0 Å². The highest BCUT2D eigenvalue weighted by molar-refractivity contribution is 6.02. The van der Waals surface area contributed by atoms with Gasteiger partial charge in [0.2, 0.25) is 0 Å². The minimum Gasteiger partial charge on any atom is -0.396 e. The standard InChI is InChI=1S/C29H48O3/c1-9-24(27(32)28(7)15-14-23(31)18-22(28)6)26-13-12-25(29(26,8)16-17-30)21(5)11-10-20(4)19(2)3/h9-11,19-21,23,25-26,30-31H,6,12-18H2,1-5,7-8H3/b11-10+,24-9-. The molecule has 2 saturated carbocycles. The Labute approximate surface area is 197 Å². The van der Waals surface area contributed by atoms with Gasteiger partial charge < -0.3 is 10.2 Å². The van der Waals surface area contributed by atoms with Crippen molar-refractivity contribution in [1.82, 2.24) is 0 Å². The van der Waals surface area contributed by atoms with Crippen LogP contribution >= 0.6 is 0 Å². The number of aliphatic hydroxyl groups excluding tert-OH is 2. The normalized spacial score (nSPS) is 36.1. The molecule has 182 valence electrons. The van der Waals surface area contributed by atoms with Crippen LogP contribution in [0.15, 0.2) is 36.0 Å². The summed E-state index contributed by atoms with van der Waals surface area (Å²) in [7, 11) is 0. The van der Waals surface area contributed by atoms with Crippen molar-refractivity contribution in [1.29, 1.82) is 0 Å². The molecule has 0 bridgehead atoms. The number of carbonyl (C=O) groups is 1. The number of allylic oxidation sites excluding steroid dienone is 4. The molecule has 0 amide bonds. The molecular weight excluding hydrogens is 396 g/mol. The van der Waals surface area contributed by atoms with Crippen LogP contribution in [0.5, 0.6) is 0 Å². The van der Waals surface area contributed by atoms with E-state index in [1.54, 1.807) is 0 Å². The number of ketones is 1. The predicted octanol–water partition coefficient (Wildman–Crippen LogP) is 6.51. The van der Waals surface area contributed by atoms with E-state index in [1.807, 2.05) is 19.9 Å². The number of carbonyl (C=O) groups excluding carboxylic acids is 1. The van der Waals surface area contributed by atoms with E-state index in [2.05, 4.69) is 53.3 Å². The summed E-state index contributed by atoms with van der Waals surface area (Å²) in [5.41, 5.74) is 1.05. The van der Waals surface area contributed by atoms with Gasteiger partial charge in [-0.15, -0.1) is 0 Å². The Morgan fingerprint density at radius 3 is 2.34 bits per heavy atom. The highest BCUT2D eigenvalue weighted by atomic mass is 16.3. The second-order valence-corrected chi connectivity index (χ2v) is 11.5. The molecule has 3 nitrogen and oxygen atoms in total. The zero-order valence-corrected chi connectivity index (χ0v) is 21.7. The third-order valence-corrected chi connectivity index (χ3v) is 9.15. The third kappa shape index (κ3) is 5.30. The van der Waals surface area contributed by atoms with E-state index in [0.717, 1.165) is 24.0 Å². The Hall–Kier alpha value is -1.19. The molecule has 0 aromatic heterocycles. The Morgan fingerprint density at radius 1 is 1.16 bits per heavy atom. The molecule has 0 saturated heterocycles. The van der Waals surface area contributed by atoms with E-state index in [0.29, 0.717) is 49.4 Å². The minimum atomic E-state index is -0.600. The van der Waals surface area contributed by atoms with E-state index in [9.17, 15) is 15.0 Å². The summed E-state index contributed by atoms with van der Waals surface area (Å²) in [6.07, 6.45) is 10.9. The molecule has 0 spiro atoms. The molecule has 2 aliphatic rings. The molecule has 7 atom stereocenters. The van der Waals surface area contributed by atoms with E-state index < -0.39 is 5.41 Å². The molecule has 2 N–H and O–H groups in total. The van der Waals surface area contributed by atoms with E-state index >= 15 is 0 Å². The van der Waals surface area contributed by atoms with Crippen LogP contribution in [0, 0.1) is 40.4 Å². The summed E-state index contributed by atoms with van der Waals surface area (Å²) in [5, 5.41) is 20.1. The average molecular weight is 445 g/mol. The zero-order chi connectivity index (χ0) is 24.3. The number of Topliss-reactive ketones (excluding diaryl/α,β-unsaturated/α-hetero) is 1. The smallest absolute Gasteiger partial charge is 0.168 e. The van der Waals surface area contributed by atoms with Crippen molar-refractivity contribution in [2.75, 3.05) is 6.61 Å². The molecule has 0 radical (unpaired) electrons. The van der Waals surface area contributed by atoms with E-state index in [4.69, 9.17) is 0 Å². The quantitative estimate of drug-likeness (QED) is 0.315. The van der Waals surface area contributed by atoms with Crippen molar-refractivity contribution in [2.24, 2.45) is 40.4 Å². The third-order valence-electron chi connectivity index (χ3n) is 9.15. The lowest BCUT2D eigenvalue weighted by atomic mass is 9.61. The Balaban J connectivity index is 2.32. The summed E-state index contributed by atoms with van der Waals surface area (Å²) in [5.74, 6) is 2.33. The highest BCUT2D eigenvalue weighted by Crippen LogP contribution is 2.57. The number of hydrogen-bond acceptors (Lipinski definition) is 3. The van der Waals surface area contributed by atoms with Crippen LogP contribution < -0.4 is 0 Å². The summed E-state index contributed by atoms with van der Waals surface area (Å²) in [6.45, 7) is 19.7. The first kappa shape index (κ1) is 27.1. The van der Waals surface area contributed by atoms with Gasteiger partial charge in [0.1, 0.15) is 0 Å². The van der Waals surface area contributed by atoms with Crippen molar-refractivity contribution >= 4 is 5.78 Å². The maximum absolute atomic E-state index is 13.9. The Kier molecular flexibility index (Phi) is 9.15. The highest BCUT2D eigenvalue weighted by Gasteiger charge is 2.52. The molecule has 32 heavy (non-hydrogen) atoms. The van der Waals surface area contributed by atoms with Gasteiger partial charge in [0, 0.05) is 6.61 Å². The maximum atomic E-state index is 13.9. The van der Waals surface area contributed by atoms with Gasteiger partial charge in [0.15, 0.2) is 5.78 Å². The van der Waals surface area contributed by atoms with Gasteiger partial charge in [-0.2, -0.15) is 0 Å². The van der Waals surface area contributed by atoms with Crippen LogP contribution in [0.3, 0.4) is 0 Å². The molecule has 3 heteroatoms. The predicted molar refractivity (Wildman–Crippen MR) is 134 cm³/mol. The van der Waals surface area contributed by atoms with Crippen molar-refractivity contribution in [3.63, 3.8) is 0 Å². The Bertz CT molecular complexity index is 733. The maximum Gasteiger partial charge on any atom is 0.168 e. The number of aliphatic hydroxyl groups is 2. The Morgan fingerprint density at radius 2 is 1.81 bits per heavy atom. The van der Waals surface area contributed by atoms with Gasteiger partial charge >= 0.3 is 0 Å². The SMILES string of the molecule is C=C1CC(O)CCC1(C)C(=O)/C(=C\C)C1CCC(C(C)/C=C/C(C)C(C)C)C1(C)CCO. The lowest BCUT2D eigenvalue weighted by molar-refractivity contribution is -0.124. The topological polar surface area (TPSA) is 57.5 Å². The number of hydrogen-bond donors (Lipinski definition) is 2. The molecule has 0 aromatic rings. The average Bonchev–Trinajstić information content (AvgIpc) is 3.06. The van der Waals surface area contributed by atoms with Gasteiger partial charge in [-0.1, -0.05) is 65.0 Å². The molecular formula is C29H48O3. The van der Waals surface area contributed by atoms with Crippen molar-refractivity contribution in [2.45, 2.75) is 93.1 Å². The molecule has 2 aliphatic carbocycles. The van der Waals surface area contributed by atoms with Crippen LogP contribution in [0.2, 0.25) is 0 Å². The molecule has 7 unspecified atom stereocenters. The summed E-state index contributed by atoms with van der Waals surface area (Å²) < 4.78 is 0. The first-order chi connectivity index (χ1) is 14.9. The molecule has 2 rings (SSSR count). The second kappa shape index (κ2) is 10.8. The first-order valence-electron chi connectivity index (χ1n) is 12.8.